The third-order valence-corrected chi connectivity index (χ3v) is 10.2. The van der Waals surface area contributed by atoms with E-state index in [0.717, 1.165) is 50.1 Å². The van der Waals surface area contributed by atoms with E-state index in [1.54, 1.807) is 0 Å². The number of nitrogens with zero attached hydrogens (tertiary/aromatic N) is 3. The first-order valence-electron chi connectivity index (χ1n) is 18.8. The summed E-state index contributed by atoms with van der Waals surface area (Å²) in [4.78, 5) is 13.7. The molecule has 0 fully saturated rings. The van der Waals surface area contributed by atoms with Crippen LogP contribution in [0.4, 0.5) is 0 Å². The van der Waals surface area contributed by atoms with E-state index < -0.39 is 0 Å². The number of furan rings is 1. The van der Waals surface area contributed by atoms with E-state index in [9.17, 15) is 0 Å². The van der Waals surface area contributed by atoms with Crippen molar-refractivity contribution in [2.75, 3.05) is 0 Å². The predicted octanol–water partition coefficient (Wildman–Crippen LogP) is 13.4. The summed E-state index contributed by atoms with van der Waals surface area (Å²) >= 11 is 0. The number of benzene rings is 5. The second-order valence-corrected chi connectivity index (χ2v) is 15.4. The average molecular weight is 906 g/mol. The van der Waals surface area contributed by atoms with E-state index in [-0.39, 0.29) is 25.5 Å². The van der Waals surface area contributed by atoms with Gasteiger partial charge in [0, 0.05) is 43.6 Å². The molecule has 0 aliphatic heterocycles. The Morgan fingerprint density at radius 1 is 0.625 bits per heavy atom. The summed E-state index contributed by atoms with van der Waals surface area (Å²) in [5.41, 5.74) is 15.9. The Kier molecular flexibility index (Phi) is 10.9. The first kappa shape index (κ1) is 38.5. The van der Waals surface area contributed by atoms with Gasteiger partial charge in [0.25, 0.3) is 0 Å². The van der Waals surface area contributed by atoms with Crippen LogP contribution in [0.5, 0.6) is 0 Å². The van der Waals surface area contributed by atoms with Crippen LogP contribution in [0.15, 0.2) is 138 Å². The first-order valence-corrected chi connectivity index (χ1v) is 18.8. The summed E-state index contributed by atoms with van der Waals surface area (Å²) < 4.78 is 6.27. The van der Waals surface area contributed by atoms with E-state index in [2.05, 4.69) is 142 Å². The minimum atomic E-state index is 0. The van der Waals surface area contributed by atoms with Gasteiger partial charge in [0.2, 0.25) is 5.71 Å². The van der Waals surface area contributed by atoms with Crippen molar-refractivity contribution >= 4 is 32.8 Å². The molecule has 0 N–H and O–H groups in total. The number of pyridine rings is 3. The van der Waals surface area contributed by atoms with E-state index in [0.29, 0.717) is 5.71 Å². The van der Waals surface area contributed by atoms with Crippen LogP contribution < -0.4 is 0 Å². The standard InChI is InChI=1S/C38H31N2O.C13H12N.Ir/c1-23-21-33(25-14-16-27(17-15-25)38(3,4)5)28-9-6-7-10-29(28)35(23)26-19-20-39-34(22-26)32-12-8-11-30-31-18-13-24(2)40-37(31)41-36(30)32;1-10-3-6-12(7-4-10)13-8-5-11(2)9-14-13;/h6-11,13-22H,1-5H3;3-6,8-9H,1-2H3;/q2*-1;. The fourth-order valence-corrected chi connectivity index (χ4v) is 7.20. The summed E-state index contributed by atoms with van der Waals surface area (Å²) in [6.45, 7) is 15.0. The number of rotatable bonds is 4. The molecular weight excluding hydrogens is 863 g/mol. The van der Waals surface area contributed by atoms with Crippen molar-refractivity contribution in [3.05, 3.63) is 174 Å². The zero-order valence-electron chi connectivity index (χ0n) is 32.8. The molecule has 5 heteroatoms. The second-order valence-electron chi connectivity index (χ2n) is 15.4. The van der Waals surface area contributed by atoms with Gasteiger partial charge in [0.15, 0.2) is 0 Å². The second kappa shape index (κ2) is 15.8. The fourth-order valence-electron chi connectivity index (χ4n) is 7.20. The molecule has 0 aliphatic carbocycles. The molecule has 1 radical (unpaired) electrons. The molecule has 9 rings (SSSR count). The molecule has 9 aromatic rings. The Hall–Kier alpha value is -5.74. The van der Waals surface area contributed by atoms with Gasteiger partial charge < -0.3 is 14.4 Å². The van der Waals surface area contributed by atoms with E-state index in [1.807, 2.05) is 62.6 Å². The number of aryl methyl sites for hydroxylation is 4. The monoisotopic (exact) mass is 906 g/mol. The SMILES string of the molecule is Cc1c[c-]c(-c2ccc(C)cn2)cc1.Cc1ccc2c(n1)oc1c(-c3cc(-c4c(C)cc(-c5ccc(C(C)(C)C)cc5)c5ccccc45)ccn3)[c-]ccc12.[Ir]. The maximum atomic E-state index is 6.27. The van der Waals surface area contributed by atoms with Crippen LogP contribution in [0.3, 0.4) is 0 Å². The minimum absolute atomic E-state index is 0. The quantitative estimate of drug-likeness (QED) is 0.165. The van der Waals surface area contributed by atoms with E-state index in [4.69, 9.17) is 9.40 Å². The van der Waals surface area contributed by atoms with Crippen LogP contribution >= 0.6 is 0 Å². The van der Waals surface area contributed by atoms with Crippen molar-refractivity contribution in [1.29, 1.82) is 0 Å². The molecule has 0 atom stereocenters. The Morgan fingerprint density at radius 2 is 1.39 bits per heavy atom. The summed E-state index contributed by atoms with van der Waals surface area (Å²) in [5, 5.41) is 4.49. The molecular formula is C51H43IrN3O-2. The number of hydrogen-bond acceptors (Lipinski definition) is 4. The third kappa shape index (κ3) is 7.71. The molecule has 0 aliphatic rings. The third-order valence-electron chi connectivity index (χ3n) is 10.2. The fraction of sp³-hybridized carbons (Fsp3) is 0.157. The van der Waals surface area contributed by atoms with Gasteiger partial charge >= 0.3 is 0 Å². The Labute approximate surface area is 343 Å². The van der Waals surface area contributed by atoms with Crippen molar-refractivity contribution in [2.45, 2.75) is 53.9 Å². The van der Waals surface area contributed by atoms with Gasteiger partial charge in [-0.15, -0.1) is 53.6 Å². The zero-order valence-corrected chi connectivity index (χ0v) is 35.2. The van der Waals surface area contributed by atoms with Gasteiger partial charge in [0.1, 0.15) is 0 Å². The van der Waals surface area contributed by atoms with Gasteiger partial charge in [0.05, 0.1) is 5.58 Å². The summed E-state index contributed by atoms with van der Waals surface area (Å²) in [7, 11) is 0. The Morgan fingerprint density at radius 3 is 2.11 bits per heavy atom. The van der Waals surface area contributed by atoms with E-state index in [1.165, 1.54) is 49.7 Å². The first-order chi connectivity index (χ1) is 26.5. The zero-order chi connectivity index (χ0) is 38.3. The largest absolute Gasteiger partial charge is 0.486 e. The molecule has 0 unspecified atom stereocenters. The van der Waals surface area contributed by atoms with Crippen LogP contribution in [0.1, 0.15) is 48.7 Å². The van der Waals surface area contributed by atoms with Gasteiger partial charge in [-0.05, 0) is 105 Å². The maximum Gasteiger partial charge on any atom is 0.216 e. The molecule has 279 valence electrons. The molecule has 4 nitrogen and oxygen atoms in total. The molecule has 4 aromatic heterocycles. The number of fused-ring (bicyclic) bond motifs is 4. The van der Waals surface area contributed by atoms with Crippen LogP contribution in [-0.2, 0) is 25.5 Å². The smallest absolute Gasteiger partial charge is 0.216 e. The van der Waals surface area contributed by atoms with Crippen molar-refractivity contribution < 1.29 is 24.5 Å². The topological polar surface area (TPSA) is 51.8 Å². The van der Waals surface area contributed by atoms with Gasteiger partial charge in [-0.25, -0.2) is 4.98 Å². The molecule has 56 heavy (non-hydrogen) atoms. The Balaban J connectivity index is 0.000000271. The number of aromatic nitrogens is 3. The molecule has 0 saturated heterocycles. The van der Waals surface area contributed by atoms with Crippen molar-refractivity contribution in [1.82, 2.24) is 15.0 Å². The van der Waals surface area contributed by atoms with E-state index >= 15 is 0 Å². The molecule has 0 bridgehead atoms. The van der Waals surface area contributed by atoms with Crippen LogP contribution in [0.2, 0.25) is 0 Å². The van der Waals surface area contributed by atoms with Crippen molar-refractivity contribution in [2.24, 2.45) is 0 Å². The number of hydrogen-bond donors (Lipinski definition) is 0. The average Bonchev–Trinajstić information content (AvgIpc) is 3.56. The summed E-state index contributed by atoms with van der Waals surface area (Å²) in [6, 6.07) is 49.2. The molecule has 0 spiro atoms. The normalized spacial score (nSPS) is 11.3. The van der Waals surface area contributed by atoms with Gasteiger partial charge in [-0.2, -0.15) is 0 Å². The predicted molar refractivity (Wildman–Crippen MR) is 228 cm³/mol. The van der Waals surface area contributed by atoms with Crippen LogP contribution in [0, 0.1) is 39.8 Å². The maximum absolute atomic E-state index is 6.27. The molecule has 5 aromatic carbocycles. The van der Waals surface area contributed by atoms with Crippen molar-refractivity contribution in [3.8, 4) is 44.8 Å². The van der Waals surface area contributed by atoms with Crippen molar-refractivity contribution in [3.63, 3.8) is 0 Å². The summed E-state index contributed by atoms with van der Waals surface area (Å²) in [6.07, 6.45) is 3.76. The molecule has 0 saturated carbocycles. The van der Waals surface area contributed by atoms with Gasteiger partial charge in [-0.1, -0.05) is 111 Å². The van der Waals surface area contributed by atoms with Crippen LogP contribution in [0.25, 0.3) is 77.6 Å². The molecule has 0 amide bonds. The van der Waals surface area contributed by atoms with Gasteiger partial charge in [-0.3, -0.25) is 0 Å². The molecule has 4 heterocycles. The summed E-state index contributed by atoms with van der Waals surface area (Å²) in [5.74, 6) is 0. The Bertz CT molecular complexity index is 2770. The minimum Gasteiger partial charge on any atom is -0.486 e. The van der Waals surface area contributed by atoms with Crippen LogP contribution in [-0.4, -0.2) is 15.0 Å².